The molecular weight excluding hydrogens is 226 g/mol. The third-order valence-electron chi connectivity index (χ3n) is 3.12. The smallest absolute Gasteiger partial charge is 0.141 e. The Morgan fingerprint density at radius 1 is 1.50 bits per heavy atom. The minimum Gasteiger partial charge on any atom is -0.383 e. The van der Waals surface area contributed by atoms with E-state index in [-0.39, 0.29) is 5.82 Å². The molecule has 0 aliphatic heterocycles. The van der Waals surface area contributed by atoms with E-state index in [1.54, 1.807) is 12.3 Å². The standard InChI is InChI=1S/C13H13N5/c14-6-10-5-11(7-16-13(10)15)12-3-4-18(17-12)8-9-1-2-9/h3-5,7,9H,1-2,8H2,(H2,15,16). The highest BCUT2D eigenvalue weighted by molar-refractivity contribution is 5.63. The minimum absolute atomic E-state index is 0.263. The van der Waals surface area contributed by atoms with Crippen molar-refractivity contribution >= 4 is 5.82 Å². The van der Waals surface area contributed by atoms with Crippen molar-refractivity contribution in [2.24, 2.45) is 5.92 Å². The molecule has 90 valence electrons. The van der Waals surface area contributed by atoms with E-state index in [0.29, 0.717) is 5.56 Å². The third kappa shape index (κ3) is 2.05. The highest BCUT2D eigenvalue weighted by Crippen LogP contribution is 2.30. The van der Waals surface area contributed by atoms with Crippen molar-refractivity contribution in [3.05, 3.63) is 30.1 Å². The summed E-state index contributed by atoms with van der Waals surface area (Å²) < 4.78 is 1.95. The largest absolute Gasteiger partial charge is 0.383 e. The molecule has 0 aromatic carbocycles. The minimum atomic E-state index is 0.263. The quantitative estimate of drug-likeness (QED) is 0.885. The number of nitrogens with zero attached hydrogens (tertiary/aromatic N) is 4. The van der Waals surface area contributed by atoms with Crippen LogP contribution in [0.1, 0.15) is 18.4 Å². The summed E-state index contributed by atoms with van der Waals surface area (Å²) in [5, 5.41) is 13.4. The first-order valence-corrected chi connectivity index (χ1v) is 5.95. The Kier molecular flexibility index (Phi) is 2.49. The van der Waals surface area contributed by atoms with E-state index in [0.717, 1.165) is 23.7 Å². The van der Waals surface area contributed by atoms with Gasteiger partial charge in [0, 0.05) is 24.5 Å². The van der Waals surface area contributed by atoms with Gasteiger partial charge in [0.05, 0.1) is 11.3 Å². The summed E-state index contributed by atoms with van der Waals surface area (Å²) >= 11 is 0. The van der Waals surface area contributed by atoms with Gasteiger partial charge in [-0.25, -0.2) is 4.98 Å². The highest BCUT2D eigenvalue weighted by atomic mass is 15.3. The molecule has 0 atom stereocenters. The second kappa shape index (κ2) is 4.15. The van der Waals surface area contributed by atoms with Gasteiger partial charge < -0.3 is 5.73 Å². The number of nitrogen functional groups attached to an aromatic ring is 1. The molecular formula is C13H13N5. The van der Waals surface area contributed by atoms with E-state index >= 15 is 0 Å². The molecule has 1 saturated carbocycles. The van der Waals surface area contributed by atoms with Crippen molar-refractivity contribution in [2.75, 3.05) is 5.73 Å². The summed E-state index contributed by atoms with van der Waals surface area (Å²) in [7, 11) is 0. The van der Waals surface area contributed by atoms with Crippen molar-refractivity contribution in [3.63, 3.8) is 0 Å². The molecule has 0 amide bonds. The van der Waals surface area contributed by atoms with Crippen LogP contribution in [-0.4, -0.2) is 14.8 Å². The molecule has 18 heavy (non-hydrogen) atoms. The van der Waals surface area contributed by atoms with Crippen molar-refractivity contribution in [1.29, 1.82) is 5.26 Å². The second-order valence-electron chi connectivity index (χ2n) is 4.63. The molecule has 2 N–H and O–H groups in total. The van der Waals surface area contributed by atoms with E-state index in [9.17, 15) is 0 Å². The average Bonchev–Trinajstić information content (AvgIpc) is 3.06. The van der Waals surface area contributed by atoms with Crippen LogP contribution in [-0.2, 0) is 6.54 Å². The molecule has 2 aromatic rings. The Morgan fingerprint density at radius 3 is 3.06 bits per heavy atom. The molecule has 1 aliphatic rings. The Bertz CT molecular complexity index is 619. The average molecular weight is 239 g/mol. The van der Waals surface area contributed by atoms with E-state index in [4.69, 9.17) is 11.0 Å². The molecule has 1 aliphatic carbocycles. The van der Waals surface area contributed by atoms with Crippen LogP contribution in [0.25, 0.3) is 11.3 Å². The Balaban J connectivity index is 1.89. The SMILES string of the molecule is N#Cc1cc(-c2ccn(CC3CC3)n2)cnc1N. The normalized spacial score (nSPS) is 14.4. The van der Waals surface area contributed by atoms with Gasteiger partial charge in [-0.1, -0.05) is 0 Å². The summed E-state index contributed by atoms with van der Waals surface area (Å²) in [6.45, 7) is 0.980. The van der Waals surface area contributed by atoms with Gasteiger partial charge in [0.1, 0.15) is 11.9 Å². The lowest BCUT2D eigenvalue weighted by atomic mass is 10.1. The van der Waals surface area contributed by atoms with Crippen molar-refractivity contribution in [3.8, 4) is 17.3 Å². The van der Waals surface area contributed by atoms with Crippen LogP contribution in [0.2, 0.25) is 0 Å². The van der Waals surface area contributed by atoms with Gasteiger partial charge in [0.15, 0.2) is 0 Å². The van der Waals surface area contributed by atoms with Crippen molar-refractivity contribution in [1.82, 2.24) is 14.8 Å². The zero-order valence-corrected chi connectivity index (χ0v) is 9.87. The first kappa shape index (κ1) is 10.8. The summed E-state index contributed by atoms with van der Waals surface area (Å²) in [5.74, 6) is 1.05. The molecule has 0 spiro atoms. The predicted octanol–water partition coefficient (Wildman–Crippen LogP) is 1.81. The lowest BCUT2D eigenvalue weighted by Gasteiger charge is -2.00. The molecule has 0 radical (unpaired) electrons. The van der Waals surface area contributed by atoms with Crippen LogP contribution in [0.5, 0.6) is 0 Å². The fourth-order valence-corrected chi connectivity index (χ4v) is 1.89. The Labute approximate surface area is 105 Å². The highest BCUT2D eigenvalue weighted by Gasteiger charge is 2.22. The monoisotopic (exact) mass is 239 g/mol. The number of pyridine rings is 1. The number of nitrogens with two attached hydrogens (primary N) is 1. The molecule has 0 bridgehead atoms. The number of nitriles is 1. The Hall–Kier alpha value is -2.35. The van der Waals surface area contributed by atoms with Gasteiger partial charge in [0.25, 0.3) is 0 Å². The van der Waals surface area contributed by atoms with Crippen LogP contribution in [0.4, 0.5) is 5.82 Å². The van der Waals surface area contributed by atoms with Crippen LogP contribution in [0, 0.1) is 17.2 Å². The lowest BCUT2D eigenvalue weighted by molar-refractivity contribution is 0.564. The molecule has 2 heterocycles. The zero-order chi connectivity index (χ0) is 12.5. The maximum atomic E-state index is 8.93. The maximum absolute atomic E-state index is 8.93. The number of rotatable bonds is 3. The van der Waals surface area contributed by atoms with E-state index in [1.165, 1.54) is 12.8 Å². The van der Waals surface area contributed by atoms with Gasteiger partial charge in [-0.15, -0.1) is 0 Å². The number of hydrogen-bond donors (Lipinski definition) is 1. The zero-order valence-electron chi connectivity index (χ0n) is 9.87. The molecule has 0 saturated heterocycles. The van der Waals surface area contributed by atoms with Gasteiger partial charge in [-0.3, -0.25) is 4.68 Å². The fraction of sp³-hybridized carbons (Fsp3) is 0.308. The van der Waals surface area contributed by atoms with E-state index < -0.39 is 0 Å². The summed E-state index contributed by atoms with van der Waals surface area (Å²) in [6, 6.07) is 5.70. The van der Waals surface area contributed by atoms with Crippen LogP contribution >= 0.6 is 0 Å². The van der Waals surface area contributed by atoms with Crippen molar-refractivity contribution < 1.29 is 0 Å². The van der Waals surface area contributed by atoms with E-state index in [1.807, 2.05) is 23.0 Å². The van der Waals surface area contributed by atoms with Gasteiger partial charge in [0.2, 0.25) is 0 Å². The number of hydrogen-bond acceptors (Lipinski definition) is 4. The topological polar surface area (TPSA) is 80.5 Å². The summed E-state index contributed by atoms with van der Waals surface area (Å²) in [6.07, 6.45) is 6.23. The fourth-order valence-electron chi connectivity index (χ4n) is 1.89. The predicted molar refractivity (Wildman–Crippen MR) is 67.3 cm³/mol. The summed E-state index contributed by atoms with van der Waals surface area (Å²) in [4.78, 5) is 4.01. The molecule has 5 nitrogen and oxygen atoms in total. The van der Waals surface area contributed by atoms with Gasteiger partial charge >= 0.3 is 0 Å². The van der Waals surface area contributed by atoms with E-state index in [2.05, 4.69) is 10.1 Å². The van der Waals surface area contributed by atoms with Gasteiger partial charge in [-0.2, -0.15) is 10.4 Å². The van der Waals surface area contributed by atoms with Crippen LogP contribution in [0.3, 0.4) is 0 Å². The first-order chi connectivity index (χ1) is 8.76. The third-order valence-corrected chi connectivity index (χ3v) is 3.12. The first-order valence-electron chi connectivity index (χ1n) is 5.95. The molecule has 0 unspecified atom stereocenters. The number of aromatic nitrogens is 3. The van der Waals surface area contributed by atoms with Crippen molar-refractivity contribution in [2.45, 2.75) is 19.4 Å². The van der Waals surface area contributed by atoms with Crippen LogP contribution in [0.15, 0.2) is 24.5 Å². The molecule has 5 heteroatoms. The lowest BCUT2D eigenvalue weighted by Crippen LogP contribution is -2.00. The molecule has 1 fully saturated rings. The van der Waals surface area contributed by atoms with Crippen LogP contribution < -0.4 is 5.73 Å². The molecule has 3 rings (SSSR count). The second-order valence-corrected chi connectivity index (χ2v) is 4.63. The number of anilines is 1. The Morgan fingerprint density at radius 2 is 2.33 bits per heavy atom. The summed E-state index contributed by atoms with van der Waals surface area (Å²) in [5.41, 5.74) is 7.65. The van der Waals surface area contributed by atoms with Gasteiger partial charge in [-0.05, 0) is 30.9 Å². The molecule has 2 aromatic heterocycles. The maximum Gasteiger partial charge on any atom is 0.141 e.